The number of hydrogen-bond donors (Lipinski definition) is 2. The highest BCUT2D eigenvalue weighted by atomic mass is 16.5. The Hall–Kier alpha value is -2.41. The van der Waals surface area contributed by atoms with Crippen molar-refractivity contribution in [1.29, 1.82) is 0 Å². The van der Waals surface area contributed by atoms with Crippen molar-refractivity contribution >= 4 is 17.8 Å². The van der Waals surface area contributed by atoms with Crippen molar-refractivity contribution in [3.63, 3.8) is 0 Å². The molecule has 1 aromatic carbocycles. The molecule has 7 nitrogen and oxygen atoms in total. The fourth-order valence-electron chi connectivity index (χ4n) is 3.07. The van der Waals surface area contributed by atoms with Gasteiger partial charge in [-0.2, -0.15) is 0 Å². The van der Waals surface area contributed by atoms with Crippen LogP contribution in [0.1, 0.15) is 31.4 Å². The molecule has 0 saturated carbocycles. The first-order valence-corrected chi connectivity index (χ1v) is 8.73. The number of benzene rings is 1. The van der Waals surface area contributed by atoms with Crippen LogP contribution in [0.3, 0.4) is 0 Å². The average Bonchev–Trinajstić information content (AvgIpc) is 2.60. The Kier molecular flexibility index (Phi) is 6.74. The Morgan fingerprint density at radius 1 is 1.27 bits per heavy atom. The molecule has 2 rings (SSSR count). The summed E-state index contributed by atoms with van der Waals surface area (Å²) in [4.78, 5) is 38.0. The van der Waals surface area contributed by atoms with E-state index in [0.717, 1.165) is 11.1 Å². The minimum absolute atomic E-state index is 0.0730. The van der Waals surface area contributed by atoms with Gasteiger partial charge in [-0.3, -0.25) is 9.59 Å². The van der Waals surface area contributed by atoms with Gasteiger partial charge in [0.1, 0.15) is 6.04 Å². The summed E-state index contributed by atoms with van der Waals surface area (Å²) in [5.41, 5.74) is 2.07. The Morgan fingerprint density at radius 3 is 2.50 bits per heavy atom. The number of carbonyl (C=O) groups is 3. The number of fused-ring (bicyclic) bond motifs is 1. The van der Waals surface area contributed by atoms with Gasteiger partial charge in [-0.25, -0.2) is 4.79 Å². The number of carboxylic acid groups (broad SMARTS) is 1. The Balaban J connectivity index is 2.17. The second-order valence-electron chi connectivity index (χ2n) is 6.92. The summed E-state index contributed by atoms with van der Waals surface area (Å²) in [6.07, 6.45) is -0.340. The third-order valence-corrected chi connectivity index (χ3v) is 4.48. The van der Waals surface area contributed by atoms with Crippen molar-refractivity contribution in [1.82, 2.24) is 10.2 Å². The summed E-state index contributed by atoms with van der Waals surface area (Å²) in [5, 5.41) is 11.6. The number of nitrogens with zero attached hydrogens (tertiary/aromatic N) is 1. The van der Waals surface area contributed by atoms with E-state index in [0.29, 0.717) is 19.4 Å². The molecule has 0 aliphatic carbocycles. The molecule has 2 unspecified atom stereocenters. The molecule has 1 heterocycles. The zero-order valence-electron chi connectivity index (χ0n) is 15.4. The lowest BCUT2D eigenvalue weighted by Crippen LogP contribution is -2.54. The second kappa shape index (κ2) is 8.80. The lowest BCUT2D eigenvalue weighted by molar-refractivity contribution is -0.149. The standard InChI is InChI=1S/C19H26N2O5/c1-12(2)8-17(22)21-11-14-7-5-4-6-13(14)9-15(21)18(23)20-10-16(26-3)19(24)25/h4-7,12,15-16H,8-11H2,1-3H3,(H,20,23)(H,24,25). The molecule has 0 fully saturated rings. The maximum Gasteiger partial charge on any atom is 0.334 e. The fraction of sp³-hybridized carbons (Fsp3) is 0.526. The molecule has 2 amide bonds. The molecular weight excluding hydrogens is 336 g/mol. The Labute approximate surface area is 153 Å². The van der Waals surface area contributed by atoms with Crippen LogP contribution >= 0.6 is 0 Å². The third kappa shape index (κ3) is 4.82. The van der Waals surface area contributed by atoms with Gasteiger partial charge in [-0.05, 0) is 17.0 Å². The molecule has 26 heavy (non-hydrogen) atoms. The number of amides is 2. The summed E-state index contributed by atoms with van der Waals surface area (Å²) >= 11 is 0. The molecule has 2 atom stereocenters. The number of carbonyl (C=O) groups excluding carboxylic acids is 2. The first-order valence-electron chi connectivity index (χ1n) is 8.73. The van der Waals surface area contributed by atoms with E-state index in [-0.39, 0.29) is 24.3 Å². The normalized spacial score (nSPS) is 17.5. The molecule has 2 N–H and O–H groups in total. The maximum absolute atomic E-state index is 12.7. The minimum atomic E-state index is -1.14. The largest absolute Gasteiger partial charge is 0.479 e. The van der Waals surface area contributed by atoms with Gasteiger partial charge < -0.3 is 20.1 Å². The van der Waals surface area contributed by atoms with Crippen LogP contribution in [0.5, 0.6) is 0 Å². The fourth-order valence-corrected chi connectivity index (χ4v) is 3.07. The molecule has 0 saturated heterocycles. The summed E-state index contributed by atoms with van der Waals surface area (Å²) in [6, 6.07) is 7.09. The lowest BCUT2D eigenvalue weighted by Gasteiger charge is -2.36. The zero-order chi connectivity index (χ0) is 19.3. The van der Waals surface area contributed by atoms with Crippen molar-refractivity contribution < 1.29 is 24.2 Å². The summed E-state index contributed by atoms with van der Waals surface area (Å²) < 4.78 is 4.84. The first-order chi connectivity index (χ1) is 12.3. The molecule has 0 spiro atoms. The zero-order valence-corrected chi connectivity index (χ0v) is 15.4. The number of carboxylic acids is 1. The number of rotatable bonds is 7. The van der Waals surface area contributed by atoms with Crippen molar-refractivity contribution in [3.05, 3.63) is 35.4 Å². The van der Waals surface area contributed by atoms with Gasteiger partial charge in [0.15, 0.2) is 6.10 Å². The number of aliphatic carboxylic acids is 1. The van der Waals surface area contributed by atoms with Gasteiger partial charge in [-0.15, -0.1) is 0 Å². The van der Waals surface area contributed by atoms with Crippen LogP contribution in [0.15, 0.2) is 24.3 Å². The quantitative estimate of drug-likeness (QED) is 0.760. The van der Waals surface area contributed by atoms with Crippen molar-refractivity contribution in [2.45, 2.75) is 45.4 Å². The average molecular weight is 362 g/mol. The van der Waals surface area contributed by atoms with Crippen LogP contribution in [0, 0.1) is 5.92 Å². The Morgan fingerprint density at radius 2 is 1.92 bits per heavy atom. The van der Waals surface area contributed by atoms with Gasteiger partial charge in [0.05, 0.1) is 6.54 Å². The molecule has 7 heteroatoms. The number of methoxy groups -OCH3 is 1. The molecule has 142 valence electrons. The van der Waals surface area contributed by atoms with E-state index in [2.05, 4.69) is 5.32 Å². The van der Waals surface area contributed by atoms with Gasteiger partial charge in [0.25, 0.3) is 0 Å². The van der Waals surface area contributed by atoms with Crippen LogP contribution in [0.2, 0.25) is 0 Å². The van der Waals surface area contributed by atoms with E-state index < -0.39 is 18.1 Å². The summed E-state index contributed by atoms with van der Waals surface area (Å²) in [6.45, 7) is 4.16. The van der Waals surface area contributed by atoms with Crippen molar-refractivity contribution in [3.8, 4) is 0 Å². The minimum Gasteiger partial charge on any atom is -0.479 e. The van der Waals surface area contributed by atoms with Gasteiger partial charge in [-0.1, -0.05) is 38.1 Å². The van der Waals surface area contributed by atoms with E-state index in [9.17, 15) is 14.4 Å². The Bertz CT molecular complexity index is 674. The highest BCUT2D eigenvalue weighted by Gasteiger charge is 2.35. The molecule has 1 aliphatic rings. The highest BCUT2D eigenvalue weighted by Crippen LogP contribution is 2.25. The number of hydrogen-bond acceptors (Lipinski definition) is 4. The second-order valence-corrected chi connectivity index (χ2v) is 6.92. The molecular formula is C19H26N2O5. The molecule has 1 aromatic rings. The highest BCUT2D eigenvalue weighted by molar-refractivity contribution is 5.89. The number of nitrogens with one attached hydrogen (secondary N) is 1. The summed E-state index contributed by atoms with van der Waals surface area (Å²) in [5.74, 6) is -1.39. The van der Waals surface area contributed by atoms with Crippen LogP contribution in [0.25, 0.3) is 0 Å². The van der Waals surface area contributed by atoms with Gasteiger partial charge in [0.2, 0.25) is 11.8 Å². The lowest BCUT2D eigenvalue weighted by atomic mass is 9.92. The molecule has 0 aromatic heterocycles. The van der Waals surface area contributed by atoms with E-state index in [1.165, 1.54) is 7.11 Å². The van der Waals surface area contributed by atoms with E-state index >= 15 is 0 Å². The van der Waals surface area contributed by atoms with Crippen molar-refractivity contribution in [2.75, 3.05) is 13.7 Å². The first kappa shape index (κ1) is 19.9. The number of ether oxygens (including phenoxy) is 1. The molecule has 1 aliphatic heterocycles. The predicted octanol–water partition coefficient (Wildman–Crippen LogP) is 1.20. The van der Waals surface area contributed by atoms with Gasteiger partial charge in [0, 0.05) is 26.5 Å². The van der Waals surface area contributed by atoms with Crippen LogP contribution < -0.4 is 5.32 Å². The smallest absolute Gasteiger partial charge is 0.334 e. The molecule has 0 radical (unpaired) electrons. The maximum atomic E-state index is 12.7. The van der Waals surface area contributed by atoms with Crippen molar-refractivity contribution in [2.24, 2.45) is 5.92 Å². The van der Waals surface area contributed by atoms with E-state index in [1.54, 1.807) is 4.90 Å². The van der Waals surface area contributed by atoms with E-state index in [1.807, 2.05) is 38.1 Å². The topological polar surface area (TPSA) is 95.9 Å². The van der Waals surface area contributed by atoms with Crippen LogP contribution in [-0.2, 0) is 32.1 Å². The molecule has 0 bridgehead atoms. The monoisotopic (exact) mass is 362 g/mol. The third-order valence-electron chi connectivity index (χ3n) is 4.48. The van der Waals surface area contributed by atoms with Crippen LogP contribution in [-0.4, -0.2) is 53.6 Å². The predicted molar refractivity (Wildman–Crippen MR) is 95.4 cm³/mol. The SMILES string of the molecule is COC(CNC(=O)C1Cc2ccccc2CN1C(=O)CC(C)C)C(=O)O. The van der Waals surface area contributed by atoms with Crippen LogP contribution in [0.4, 0.5) is 0 Å². The van der Waals surface area contributed by atoms with E-state index in [4.69, 9.17) is 9.84 Å². The van der Waals surface area contributed by atoms with Gasteiger partial charge >= 0.3 is 5.97 Å². The summed E-state index contributed by atoms with van der Waals surface area (Å²) in [7, 11) is 1.28.